The first kappa shape index (κ1) is 105. The van der Waals surface area contributed by atoms with Gasteiger partial charge >= 0.3 is 34.8 Å². The number of H-pyrrole nitrogens is 1. The van der Waals surface area contributed by atoms with Crippen molar-refractivity contribution in [1.29, 1.82) is 0 Å². The summed E-state index contributed by atoms with van der Waals surface area (Å²) >= 11 is 25.7. The van der Waals surface area contributed by atoms with Crippen LogP contribution in [0.15, 0.2) is 163 Å². The van der Waals surface area contributed by atoms with Crippen LogP contribution in [-0.2, 0) is 23.5 Å². The molecule has 664 valence electrons. The second-order valence-electron chi connectivity index (χ2n) is 25.1. The number of hydrogen-bond donors (Lipinski definition) is 5. The molecule has 0 atom stereocenters. The molecule has 0 bridgehead atoms. The molecule has 3 aromatic carbocycles. The van der Waals surface area contributed by atoms with Crippen molar-refractivity contribution in [1.82, 2.24) is 54.8 Å². The van der Waals surface area contributed by atoms with Gasteiger partial charge in [-0.15, -0.1) is 0 Å². The van der Waals surface area contributed by atoms with Gasteiger partial charge in [0.1, 0.15) is 47.4 Å². The third-order valence-electron chi connectivity index (χ3n) is 15.7. The maximum absolute atomic E-state index is 14.1. The van der Waals surface area contributed by atoms with Crippen molar-refractivity contribution in [3.05, 3.63) is 268 Å². The summed E-state index contributed by atoms with van der Waals surface area (Å²) in [6.45, 7) is 13.6. The van der Waals surface area contributed by atoms with Crippen LogP contribution >= 0.6 is 62.1 Å². The summed E-state index contributed by atoms with van der Waals surface area (Å²) in [5.41, 5.74) is 19.8. The summed E-state index contributed by atoms with van der Waals surface area (Å²) in [5, 5.41) is 35.1. The van der Waals surface area contributed by atoms with Gasteiger partial charge in [-0.2, -0.15) is 13.2 Å². The number of halogens is 11. The first-order valence-electron chi connectivity index (χ1n) is 36.0. The minimum Gasteiger partial charge on any atom is -1.00 e. The largest absolute Gasteiger partial charge is 1.00 e. The van der Waals surface area contributed by atoms with Crippen LogP contribution in [0.1, 0.15) is 34.8 Å². The summed E-state index contributed by atoms with van der Waals surface area (Å²) < 4.78 is 136. The number of nitro groups is 2. The van der Waals surface area contributed by atoms with Gasteiger partial charge in [0.15, 0.2) is 46.2 Å². The number of non-ortho nitro benzene ring substituents is 2. The monoisotopic (exact) mass is 1880 g/mol. The van der Waals surface area contributed by atoms with Crippen molar-refractivity contribution in [3.8, 4) is 46.4 Å². The second-order valence-corrected chi connectivity index (χ2v) is 32.6. The molecule has 0 fully saturated rings. The number of pyridine rings is 11. The molecular weight excluding hydrogens is 1800 g/mol. The Morgan fingerprint density at radius 1 is 0.452 bits per heavy atom. The molecule has 11 heterocycles. The Morgan fingerprint density at radius 2 is 0.833 bits per heavy atom. The van der Waals surface area contributed by atoms with Gasteiger partial charge in [-0.25, -0.2) is 43.1 Å². The maximum atomic E-state index is 14.1. The molecule has 11 aromatic heterocycles. The molecule has 14 rings (SSSR count). The van der Waals surface area contributed by atoms with Gasteiger partial charge < -0.3 is 70.7 Å². The van der Waals surface area contributed by atoms with E-state index in [0.717, 1.165) is 40.4 Å². The molecule has 0 saturated carbocycles. The van der Waals surface area contributed by atoms with E-state index in [-0.39, 0.29) is 77.2 Å². The van der Waals surface area contributed by atoms with E-state index in [0.29, 0.717) is 158 Å². The average Bonchev–Trinajstić information content (AvgIpc) is 0.812. The third-order valence-corrected chi connectivity index (χ3v) is 16.3. The normalized spacial score (nSPS) is 10.4. The minimum absolute atomic E-state index is 0. The van der Waals surface area contributed by atoms with Crippen LogP contribution in [-0.4, -0.2) is 156 Å². The number of aliphatic hydroxyl groups excluding tert-OH is 1. The number of aryl methyl sites for hydroxylation is 6. The average molecular weight is 1880 g/mol. The van der Waals surface area contributed by atoms with E-state index in [1.54, 1.807) is 116 Å². The quantitative estimate of drug-likeness (QED) is 0.00691. The Bertz CT molecular complexity index is 6140. The summed E-state index contributed by atoms with van der Waals surface area (Å²) in [4.78, 5) is 74.1. The van der Waals surface area contributed by atoms with E-state index in [2.05, 4.69) is 93.3 Å². The maximum Gasteiger partial charge on any atom is 1.00 e. The molecule has 0 saturated heterocycles. The van der Waals surface area contributed by atoms with Crippen LogP contribution in [0.25, 0.3) is 55.2 Å². The van der Waals surface area contributed by atoms with E-state index >= 15 is 0 Å². The van der Waals surface area contributed by atoms with Gasteiger partial charge in [0.2, 0.25) is 40.9 Å². The van der Waals surface area contributed by atoms with Crippen LogP contribution in [0.2, 0.25) is 10.0 Å². The third kappa shape index (κ3) is 33.9. The molecule has 0 aliphatic heterocycles. The number of nitrogens with zero attached hydrogens (tertiary/aromatic N) is 12. The number of hydrogen-bond acceptors (Lipinski definition) is 29. The number of rotatable bonds is 20. The van der Waals surface area contributed by atoms with Crippen molar-refractivity contribution in [2.45, 2.75) is 41.5 Å². The second kappa shape index (κ2) is 52.6. The number of benzene rings is 3. The number of aromatic hydroxyl groups is 1. The number of aromatic amines is 1. The number of methoxy groups -OCH3 is 4. The van der Waals surface area contributed by atoms with Crippen molar-refractivity contribution < 1.29 is 125 Å². The number of phenols is 1. The zero-order valence-corrected chi connectivity index (χ0v) is 75.5. The number of nitro benzene ring substituents is 2. The number of aliphatic hydroxyl groups is 1. The van der Waals surface area contributed by atoms with Gasteiger partial charge in [-0.3, -0.25) is 49.5 Å². The van der Waals surface area contributed by atoms with Crippen molar-refractivity contribution in [2.75, 3.05) is 92.8 Å². The smallest absolute Gasteiger partial charge is 1.00 e. The SMILES string of the molecule is COCCO.COCCOc1nc2c(Cl)ccnc2cc1C.COCCOc1nc2c(Oc3ccc(N)cc3F)ccnc2cc1C.COCCOc1nc2c(Oc3ccc([N+](=O)[O-])cc3F)ccnc2cc1C.Cc1cc(N)cnc1F.Cc1cc2[nH]ccc(=O)c2nc1F.Cc1cc2nccc(Cl)c2nc1F.O=P(Cl)(Cl)Cl.O=[N+]([O-])c1ccc(O)c(F)c1.[H-].[Na+]. The van der Waals surface area contributed by atoms with Crippen LogP contribution in [0, 0.1) is 97.1 Å². The molecule has 0 aliphatic carbocycles. The van der Waals surface area contributed by atoms with Crippen LogP contribution in [0.4, 0.5) is 49.1 Å². The molecule has 0 radical (unpaired) electrons. The van der Waals surface area contributed by atoms with Gasteiger partial charge in [0.25, 0.3) is 11.4 Å². The molecule has 0 aliphatic rings. The van der Waals surface area contributed by atoms with Crippen molar-refractivity contribution in [2.24, 2.45) is 0 Å². The molecule has 0 unspecified atom stereocenters. The van der Waals surface area contributed by atoms with E-state index in [9.17, 15) is 55.9 Å². The zero-order valence-electron chi connectivity index (χ0n) is 69.8. The standard InChI is InChI=1S/C18H16FN3O5.C18H18FN3O3.C12H13ClN2O2.C9H6ClFN2.C9H7FN2O.C6H7FN2.C6H4FNO3.C3H8O2.Cl3OP.Na.H/c1-11-9-14-17(21-18(11)26-8-7-25-2)16(5-6-20-14)27-15-4-3-12(22(23)24)10-13(15)19;1-11-9-14-17(22-18(11)24-8-7-23-2)16(5-6-21-14)25-15-4-3-12(20)10-13(15)19;1-8-7-10-11(9(13)3-4-14-10)15-12(8)17-6-5-16-2;1-5-4-7-8(13-9(5)11)6(10)2-3-12-7;1-5-4-6-8(12-9(5)10)7(13)2-3-11-6;1-4-2-5(8)3-9-6(4)7;7-5-3-4(8(10)11)1-2-6(5)9;1-5-3-2-4;1-5(2,3)4;;/h3-6,9-10H,7-8H2,1-2H3;3-6,9-10H,7-8,20H2,1-2H3;3-4,7H,5-6H2,1-2H3;2-4H,1H3;2-4H,1H3,(H,11,13);2-3H,8H2,1H3;1-3,9H;4H,2-3H2,1H3;;;/q;;;;;;;;;+1;-1. The molecule has 45 heteroatoms. The summed E-state index contributed by atoms with van der Waals surface area (Å²) in [7, 11) is 6.35. The Balaban J connectivity index is 0.000000312. The van der Waals surface area contributed by atoms with E-state index in [4.69, 9.17) is 82.8 Å². The first-order valence-corrected chi connectivity index (χ1v) is 41.2. The first-order chi connectivity index (χ1) is 59.4. The molecule has 32 nitrogen and oxygen atoms in total. The van der Waals surface area contributed by atoms with E-state index in [1.807, 2.05) is 32.9 Å². The van der Waals surface area contributed by atoms with Gasteiger partial charge in [-0.1, -0.05) is 23.2 Å². The Labute approximate surface area is 762 Å². The number of nitrogen functional groups attached to an aromatic ring is 2. The number of aromatic nitrogens is 11. The number of nitrogens with two attached hydrogens (primary N) is 2. The van der Waals surface area contributed by atoms with E-state index < -0.39 is 56.1 Å². The van der Waals surface area contributed by atoms with E-state index in [1.165, 1.54) is 55.0 Å². The minimum atomic E-state index is -3.22. The van der Waals surface area contributed by atoms with Crippen LogP contribution in [0.5, 0.6) is 46.4 Å². The number of ether oxygens (including phenoxy) is 9. The fourth-order valence-corrected chi connectivity index (χ4v) is 10.1. The fraction of sp³-hybridized carbons (Fsp3) is 0.222. The zero-order chi connectivity index (χ0) is 92.2. The van der Waals surface area contributed by atoms with Crippen LogP contribution < -0.4 is 70.1 Å². The summed E-state index contributed by atoms with van der Waals surface area (Å²) in [6, 6.07) is 28.1. The number of nitrogens with one attached hydrogen (secondary N) is 1. The summed E-state index contributed by atoms with van der Waals surface area (Å²) in [5.74, 6) is -2.55. The van der Waals surface area contributed by atoms with Crippen LogP contribution in [0.3, 0.4) is 0 Å². The molecule has 7 N–H and O–H groups in total. The predicted octanol–water partition coefficient (Wildman–Crippen LogP) is 16.1. The predicted molar refractivity (Wildman–Crippen MR) is 464 cm³/mol. The molecule has 0 amide bonds. The Morgan fingerprint density at radius 3 is 1.24 bits per heavy atom. The molecule has 126 heavy (non-hydrogen) atoms. The Hall–Kier alpha value is -11.3. The van der Waals surface area contributed by atoms with Gasteiger partial charge in [-0.05, 0) is 148 Å². The summed E-state index contributed by atoms with van der Waals surface area (Å²) in [6.07, 6.45) is 9.14. The molecule has 14 aromatic rings. The molecule has 0 spiro atoms. The Kier molecular flexibility index (Phi) is 43.9. The number of fused-ring (bicyclic) bond motifs is 5. The number of phenolic OH excluding ortho intramolecular Hbond substituents is 1. The van der Waals surface area contributed by atoms with Gasteiger partial charge in [0.05, 0.1) is 105 Å². The number of anilines is 2. The fourth-order valence-electron chi connectivity index (χ4n) is 9.73. The van der Waals surface area contributed by atoms with Crippen molar-refractivity contribution in [3.63, 3.8) is 0 Å². The topological polar surface area (TPSA) is 441 Å². The van der Waals surface area contributed by atoms with Gasteiger partial charge in [0, 0.05) is 135 Å². The van der Waals surface area contributed by atoms with Crippen molar-refractivity contribution >= 4 is 140 Å². The molecular formula is C81H80Cl5F6N15NaO17P.